The molecule has 0 spiro atoms. The van der Waals surface area contributed by atoms with Crippen molar-refractivity contribution in [2.45, 2.75) is 32.7 Å². The topological polar surface area (TPSA) is 64.0 Å². The molecule has 2 fully saturated rings. The van der Waals surface area contributed by atoms with Gasteiger partial charge in [-0.25, -0.2) is 0 Å². The highest BCUT2D eigenvalue weighted by molar-refractivity contribution is 5.84. The second kappa shape index (κ2) is 10.0. The monoisotopic (exact) mass is 475 g/mol. The van der Waals surface area contributed by atoms with E-state index in [1.807, 2.05) is 58.9 Å². The first-order valence-electron chi connectivity index (χ1n) is 12.5. The summed E-state index contributed by atoms with van der Waals surface area (Å²) in [6, 6.07) is 15.5. The second-order valence-corrected chi connectivity index (χ2v) is 9.58. The molecule has 5 rings (SSSR count). The minimum absolute atomic E-state index is 0.0150. The molecule has 2 heterocycles. The van der Waals surface area contributed by atoms with Crippen LogP contribution >= 0.6 is 0 Å². The van der Waals surface area contributed by atoms with Crippen LogP contribution in [0, 0.1) is 12.8 Å². The molecule has 2 aromatic carbocycles. The van der Waals surface area contributed by atoms with Crippen LogP contribution in [0.3, 0.4) is 0 Å². The summed E-state index contributed by atoms with van der Waals surface area (Å²) in [5.41, 5.74) is 2.93. The zero-order valence-electron chi connectivity index (χ0n) is 20.5. The number of pyridine rings is 1. The van der Waals surface area contributed by atoms with Gasteiger partial charge in [0.25, 0.3) is 11.5 Å². The highest BCUT2D eigenvalue weighted by atomic mass is 16.5. The van der Waals surface area contributed by atoms with Gasteiger partial charge in [-0.05, 0) is 55.5 Å². The summed E-state index contributed by atoms with van der Waals surface area (Å²) in [6.45, 7) is 5.46. The van der Waals surface area contributed by atoms with Crippen molar-refractivity contribution in [3.05, 3.63) is 64.4 Å². The first-order chi connectivity index (χ1) is 17.0. The van der Waals surface area contributed by atoms with Crippen LogP contribution in [-0.2, 0) is 11.3 Å². The molecule has 0 atom stereocenters. The molecule has 2 aliphatic rings. The van der Waals surface area contributed by atoms with E-state index in [-0.39, 0.29) is 18.1 Å². The average molecular weight is 476 g/mol. The molecule has 1 saturated carbocycles. The van der Waals surface area contributed by atoms with E-state index in [4.69, 9.17) is 9.47 Å². The number of hydrogen-bond donors (Lipinski definition) is 0. The molecular weight excluding hydrogens is 442 g/mol. The summed E-state index contributed by atoms with van der Waals surface area (Å²) in [4.78, 5) is 29.7. The lowest BCUT2D eigenvalue weighted by atomic mass is 9.85. The van der Waals surface area contributed by atoms with Crippen LogP contribution in [-0.4, -0.2) is 55.3 Å². The lowest BCUT2D eigenvalue weighted by Crippen LogP contribution is -2.50. The number of methoxy groups -OCH3 is 1. The van der Waals surface area contributed by atoms with Crippen molar-refractivity contribution in [1.29, 1.82) is 0 Å². The minimum atomic E-state index is -0.0270. The van der Waals surface area contributed by atoms with E-state index in [1.165, 1.54) is 19.3 Å². The van der Waals surface area contributed by atoms with Gasteiger partial charge in [0, 0.05) is 50.2 Å². The Kier molecular flexibility index (Phi) is 6.66. The van der Waals surface area contributed by atoms with Crippen molar-refractivity contribution in [3.8, 4) is 11.5 Å². The lowest BCUT2D eigenvalue weighted by Gasteiger charge is -2.36. The number of anilines is 1. The van der Waals surface area contributed by atoms with E-state index in [9.17, 15) is 9.59 Å². The van der Waals surface area contributed by atoms with Gasteiger partial charge in [0.2, 0.25) is 0 Å². The van der Waals surface area contributed by atoms with Gasteiger partial charge >= 0.3 is 0 Å². The number of hydrogen-bond acceptors (Lipinski definition) is 5. The minimum Gasteiger partial charge on any atom is -0.495 e. The van der Waals surface area contributed by atoms with E-state index >= 15 is 0 Å². The highest BCUT2D eigenvalue weighted by Crippen LogP contribution is 2.30. The Bertz CT molecular complexity index is 1270. The quantitative estimate of drug-likeness (QED) is 0.520. The Morgan fingerprint density at radius 1 is 1.03 bits per heavy atom. The van der Waals surface area contributed by atoms with Gasteiger partial charge in [0.1, 0.15) is 11.5 Å². The summed E-state index contributed by atoms with van der Waals surface area (Å²) >= 11 is 0. The molecule has 1 aliphatic heterocycles. The number of ether oxygens (including phenoxy) is 2. The van der Waals surface area contributed by atoms with Gasteiger partial charge in [-0.15, -0.1) is 0 Å². The van der Waals surface area contributed by atoms with Crippen LogP contribution in [0.4, 0.5) is 5.69 Å². The molecule has 7 heteroatoms. The van der Waals surface area contributed by atoms with E-state index in [0.29, 0.717) is 24.8 Å². The highest BCUT2D eigenvalue weighted by Gasteiger charge is 2.23. The molecule has 1 saturated heterocycles. The Hall–Kier alpha value is -3.48. The number of carbonyl (C=O) groups excluding carboxylic acids is 1. The lowest BCUT2D eigenvalue weighted by molar-refractivity contribution is -0.133. The molecule has 0 bridgehead atoms. The number of aryl methyl sites for hydroxylation is 1. The Morgan fingerprint density at radius 3 is 2.51 bits per heavy atom. The van der Waals surface area contributed by atoms with Crippen molar-refractivity contribution in [1.82, 2.24) is 9.47 Å². The first kappa shape index (κ1) is 23.3. The molecule has 1 amide bonds. The maximum Gasteiger partial charge on any atom is 0.260 e. The van der Waals surface area contributed by atoms with Crippen LogP contribution in [0.15, 0.2) is 53.3 Å². The first-order valence-corrected chi connectivity index (χ1v) is 12.5. The Balaban J connectivity index is 1.23. The van der Waals surface area contributed by atoms with Crippen LogP contribution in [0.5, 0.6) is 11.5 Å². The zero-order chi connectivity index (χ0) is 24.4. The van der Waals surface area contributed by atoms with Crippen molar-refractivity contribution in [3.63, 3.8) is 0 Å². The number of carbonyl (C=O) groups is 1. The number of rotatable bonds is 7. The third-order valence-corrected chi connectivity index (χ3v) is 7.38. The van der Waals surface area contributed by atoms with Crippen LogP contribution in [0.2, 0.25) is 0 Å². The zero-order valence-corrected chi connectivity index (χ0v) is 20.5. The number of nitrogens with zero attached hydrogens (tertiary/aromatic N) is 3. The standard InChI is InChI=1S/C28H33N3O4/c1-20-16-27(32)31(18-21-6-5-7-21)25-17-22(10-11-23(20)25)35-19-28(33)30-14-12-29(13-15-30)24-8-3-4-9-26(24)34-2/h3-4,8-11,16-17,21H,5-7,12-15,18-19H2,1-2H3. The molecule has 0 unspecified atom stereocenters. The number of para-hydroxylation sites is 2. The molecule has 0 radical (unpaired) electrons. The smallest absolute Gasteiger partial charge is 0.260 e. The van der Waals surface area contributed by atoms with E-state index in [2.05, 4.69) is 4.90 Å². The van der Waals surface area contributed by atoms with E-state index in [0.717, 1.165) is 47.5 Å². The number of aromatic nitrogens is 1. The third-order valence-electron chi connectivity index (χ3n) is 7.38. The van der Waals surface area contributed by atoms with Crippen molar-refractivity contribution < 1.29 is 14.3 Å². The van der Waals surface area contributed by atoms with E-state index < -0.39 is 0 Å². The molecule has 1 aliphatic carbocycles. The molecule has 1 aromatic heterocycles. The summed E-state index contributed by atoms with van der Waals surface area (Å²) in [7, 11) is 1.68. The van der Waals surface area contributed by atoms with Crippen LogP contribution in [0.1, 0.15) is 24.8 Å². The SMILES string of the molecule is COc1ccccc1N1CCN(C(=O)COc2ccc3c(C)cc(=O)n(CC4CCC4)c3c2)CC1. The van der Waals surface area contributed by atoms with Crippen LogP contribution < -0.4 is 19.9 Å². The predicted octanol–water partition coefficient (Wildman–Crippen LogP) is 3.85. The molecule has 184 valence electrons. The van der Waals surface area contributed by atoms with Crippen molar-refractivity contribution in [2.75, 3.05) is 44.8 Å². The Labute approximate surface area is 205 Å². The maximum atomic E-state index is 12.9. The van der Waals surface area contributed by atoms with Gasteiger partial charge in [-0.3, -0.25) is 9.59 Å². The second-order valence-electron chi connectivity index (χ2n) is 9.58. The molecule has 0 N–H and O–H groups in total. The largest absolute Gasteiger partial charge is 0.495 e. The Morgan fingerprint density at radius 2 is 1.80 bits per heavy atom. The van der Waals surface area contributed by atoms with E-state index in [1.54, 1.807) is 13.2 Å². The fraction of sp³-hybridized carbons (Fsp3) is 0.429. The molecular formula is C28H33N3O4. The van der Waals surface area contributed by atoms with Gasteiger partial charge in [0.15, 0.2) is 6.61 Å². The average Bonchev–Trinajstić information content (AvgIpc) is 2.86. The fourth-order valence-electron chi connectivity index (χ4n) is 5.06. The van der Waals surface area contributed by atoms with Gasteiger partial charge in [-0.2, -0.15) is 0 Å². The summed E-state index contributed by atoms with van der Waals surface area (Å²) < 4.78 is 13.3. The summed E-state index contributed by atoms with van der Waals surface area (Å²) in [5, 5.41) is 1.05. The fourth-order valence-corrected chi connectivity index (χ4v) is 5.06. The van der Waals surface area contributed by atoms with Crippen LogP contribution in [0.25, 0.3) is 10.9 Å². The predicted molar refractivity (Wildman–Crippen MR) is 138 cm³/mol. The van der Waals surface area contributed by atoms with Gasteiger partial charge < -0.3 is 23.8 Å². The molecule has 7 nitrogen and oxygen atoms in total. The van der Waals surface area contributed by atoms with Gasteiger partial charge in [0.05, 0.1) is 18.3 Å². The number of benzene rings is 2. The number of piperazine rings is 1. The number of amides is 1. The normalized spacial score (nSPS) is 16.3. The number of fused-ring (bicyclic) bond motifs is 1. The van der Waals surface area contributed by atoms with Crippen molar-refractivity contribution in [2.24, 2.45) is 5.92 Å². The molecule has 3 aromatic rings. The maximum absolute atomic E-state index is 12.9. The molecule has 35 heavy (non-hydrogen) atoms. The third kappa shape index (κ3) is 4.85. The van der Waals surface area contributed by atoms with Crippen molar-refractivity contribution >= 4 is 22.5 Å². The summed E-state index contributed by atoms with van der Waals surface area (Å²) in [5.74, 6) is 2.00. The van der Waals surface area contributed by atoms with Gasteiger partial charge in [-0.1, -0.05) is 18.6 Å². The summed E-state index contributed by atoms with van der Waals surface area (Å²) in [6.07, 6.45) is 3.60.